The lowest BCUT2D eigenvalue weighted by Gasteiger charge is -2.24. The number of primary amides is 1. The normalized spacial score (nSPS) is 18.7. The molecule has 98 valence electrons. The number of fused-ring (bicyclic) bond motifs is 1. The predicted molar refractivity (Wildman–Crippen MR) is 72.9 cm³/mol. The molecule has 1 atom stereocenters. The molecule has 0 bridgehead atoms. The standard InChI is InChI=1S/C14H21N3O/c1-14(2,13(16)18)8-17-12-6-3-9-7-10(15)4-5-11(9)12/h4-5,7,12,17H,3,6,8,15H2,1-2H3,(H2,16,18). The molecular formula is C14H21N3O. The van der Waals surface area contributed by atoms with Gasteiger partial charge in [-0.25, -0.2) is 0 Å². The Balaban J connectivity index is 2.04. The van der Waals surface area contributed by atoms with Gasteiger partial charge in [0.1, 0.15) is 0 Å². The van der Waals surface area contributed by atoms with Crippen molar-refractivity contribution in [1.82, 2.24) is 5.32 Å². The molecule has 1 amide bonds. The lowest BCUT2D eigenvalue weighted by molar-refractivity contribution is -0.125. The van der Waals surface area contributed by atoms with E-state index in [9.17, 15) is 4.79 Å². The van der Waals surface area contributed by atoms with Gasteiger partial charge in [-0.05, 0) is 49.9 Å². The van der Waals surface area contributed by atoms with E-state index in [2.05, 4.69) is 11.4 Å². The minimum absolute atomic E-state index is 0.273. The Morgan fingerprint density at radius 2 is 2.22 bits per heavy atom. The van der Waals surface area contributed by atoms with E-state index in [1.54, 1.807) is 0 Å². The summed E-state index contributed by atoms with van der Waals surface area (Å²) in [6.45, 7) is 4.32. The van der Waals surface area contributed by atoms with Gasteiger partial charge in [-0.2, -0.15) is 0 Å². The van der Waals surface area contributed by atoms with Crippen molar-refractivity contribution in [2.24, 2.45) is 11.1 Å². The molecule has 0 aromatic heterocycles. The number of nitrogen functional groups attached to an aromatic ring is 1. The molecule has 4 heteroatoms. The first-order chi connectivity index (χ1) is 8.40. The number of anilines is 1. The predicted octanol–water partition coefficient (Wildman–Crippen LogP) is 1.36. The molecule has 1 aromatic rings. The maximum absolute atomic E-state index is 11.3. The van der Waals surface area contributed by atoms with E-state index in [4.69, 9.17) is 11.5 Å². The van der Waals surface area contributed by atoms with Crippen molar-refractivity contribution in [1.29, 1.82) is 0 Å². The monoisotopic (exact) mass is 247 g/mol. The van der Waals surface area contributed by atoms with Crippen LogP contribution in [0.15, 0.2) is 18.2 Å². The van der Waals surface area contributed by atoms with Gasteiger partial charge in [0.05, 0.1) is 5.41 Å². The van der Waals surface area contributed by atoms with Crippen LogP contribution >= 0.6 is 0 Å². The van der Waals surface area contributed by atoms with Gasteiger partial charge in [0.2, 0.25) is 5.91 Å². The van der Waals surface area contributed by atoms with Crippen molar-refractivity contribution in [3.8, 4) is 0 Å². The van der Waals surface area contributed by atoms with Gasteiger partial charge in [-0.15, -0.1) is 0 Å². The summed E-state index contributed by atoms with van der Waals surface area (Å²) in [6.07, 6.45) is 2.09. The second kappa shape index (κ2) is 4.61. The molecule has 1 unspecified atom stereocenters. The largest absolute Gasteiger partial charge is 0.399 e. The third-order valence-corrected chi connectivity index (χ3v) is 3.70. The fourth-order valence-corrected chi connectivity index (χ4v) is 2.31. The molecule has 0 spiro atoms. The molecule has 0 radical (unpaired) electrons. The van der Waals surface area contributed by atoms with Crippen LogP contribution in [0.3, 0.4) is 0 Å². The number of amides is 1. The molecule has 1 aliphatic rings. The van der Waals surface area contributed by atoms with Gasteiger partial charge >= 0.3 is 0 Å². The Morgan fingerprint density at radius 1 is 1.50 bits per heavy atom. The van der Waals surface area contributed by atoms with Crippen LogP contribution in [0.2, 0.25) is 0 Å². The summed E-state index contributed by atoms with van der Waals surface area (Å²) in [7, 11) is 0. The van der Waals surface area contributed by atoms with E-state index < -0.39 is 5.41 Å². The zero-order valence-corrected chi connectivity index (χ0v) is 11.0. The molecule has 2 rings (SSSR count). The van der Waals surface area contributed by atoms with Crippen LogP contribution in [0.1, 0.15) is 37.4 Å². The van der Waals surface area contributed by atoms with E-state index in [-0.39, 0.29) is 5.91 Å². The topological polar surface area (TPSA) is 81.1 Å². The zero-order valence-electron chi connectivity index (χ0n) is 11.0. The Bertz CT molecular complexity index is 468. The first-order valence-corrected chi connectivity index (χ1v) is 6.32. The number of nitrogens with two attached hydrogens (primary N) is 2. The van der Waals surface area contributed by atoms with Gasteiger partial charge < -0.3 is 16.8 Å². The highest BCUT2D eigenvalue weighted by Gasteiger charge is 2.28. The second-order valence-corrected chi connectivity index (χ2v) is 5.68. The van der Waals surface area contributed by atoms with Crippen LogP contribution in [0.25, 0.3) is 0 Å². The van der Waals surface area contributed by atoms with E-state index >= 15 is 0 Å². The minimum Gasteiger partial charge on any atom is -0.399 e. The summed E-state index contributed by atoms with van der Waals surface area (Å²) in [4.78, 5) is 11.3. The number of nitrogens with one attached hydrogen (secondary N) is 1. The van der Waals surface area contributed by atoms with Crippen molar-refractivity contribution < 1.29 is 4.79 Å². The Hall–Kier alpha value is -1.55. The molecule has 0 fully saturated rings. The Labute approximate surface area is 108 Å². The molecule has 0 saturated heterocycles. The lowest BCUT2D eigenvalue weighted by Crippen LogP contribution is -2.41. The number of rotatable bonds is 4. The summed E-state index contributed by atoms with van der Waals surface area (Å²) in [5.41, 5.74) is 14.1. The van der Waals surface area contributed by atoms with E-state index in [0.717, 1.165) is 18.5 Å². The lowest BCUT2D eigenvalue weighted by atomic mass is 9.92. The van der Waals surface area contributed by atoms with Gasteiger partial charge in [-0.3, -0.25) is 4.79 Å². The second-order valence-electron chi connectivity index (χ2n) is 5.68. The van der Waals surface area contributed by atoms with Crippen molar-refractivity contribution in [2.45, 2.75) is 32.7 Å². The Kier molecular flexibility index (Phi) is 3.30. The maximum atomic E-state index is 11.3. The minimum atomic E-state index is -0.517. The smallest absolute Gasteiger partial charge is 0.224 e. The van der Waals surface area contributed by atoms with E-state index in [1.807, 2.05) is 26.0 Å². The third-order valence-electron chi connectivity index (χ3n) is 3.70. The van der Waals surface area contributed by atoms with Crippen LogP contribution in [-0.2, 0) is 11.2 Å². The molecular weight excluding hydrogens is 226 g/mol. The SMILES string of the molecule is CC(C)(CNC1CCc2cc(N)ccc21)C(N)=O. The fraction of sp³-hybridized carbons (Fsp3) is 0.500. The molecule has 0 aliphatic heterocycles. The molecule has 18 heavy (non-hydrogen) atoms. The van der Waals surface area contributed by atoms with Gasteiger partial charge in [0, 0.05) is 18.3 Å². The Morgan fingerprint density at radius 3 is 2.89 bits per heavy atom. The molecule has 0 saturated carbocycles. The van der Waals surface area contributed by atoms with Crippen LogP contribution in [0.4, 0.5) is 5.69 Å². The summed E-state index contributed by atoms with van der Waals surface area (Å²) in [6, 6.07) is 6.35. The number of hydrogen-bond donors (Lipinski definition) is 3. The van der Waals surface area contributed by atoms with Crippen molar-refractivity contribution in [2.75, 3.05) is 12.3 Å². The quantitative estimate of drug-likeness (QED) is 0.703. The average molecular weight is 247 g/mol. The number of benzene rings is 1. The number of hydrogen-bond acceptors (Lipinski definition) is 3. The van der Waals surface area contributed by atoms with Crippen LogP contribution in [0, 0.1) is 5.41 Å². The van der Waals surface area contributed by atoms with Crippen LogP contribution in [0.5, 0.6) is 0 Å². The maximum Gasteiger partial charge on any atom is 0.224 e. The molecule has 5 N–H and O–H groups in total. The van der Waals surface area contributed by atoms with E-state index in [1.165, 1.54) is 11.1 Å². The highest BCUT2D eigenvalue weighted by molar-refractivity contribution is 5.80. The molecule has 1 aromatic carbocycles. The summed E-state index contributed by atoms with van der Waals surface area (Å²) < 4.78 is 0. The van der Waals surface area contributed by atoms with Gasteiger partial charge in [0.15, 0.2) is 0 Å². The third kappa shape index (κ3) is 2.48. The molecule has 0 heterocycles. The van der Waals surface area contributed by atoms with Crippen molar-refractivity contribution >= 4 is 11.6 Å². The fourth-order valence-electron chi connectivity index (χ4n) is 2.31. The summed E-state index contributed by atoms with van der Waals surface area (Å²) in [5, 5.41) is 3.44. The first kappa shape index (κ1) is 12.9. The molecule has 4 nitrogen and oxygen atoms in total. The van der Waals surface area contributed by atoms with Gasteiger partial charge in [-0.1, -0.05) is 6.07 Å². The number of carbonyl (C=O) groups excluding carboxylic acids is 1. The average Bonchev–Trinajstić information content (AvgIpc) is 2.68. The highest BCUT2D eigenvalue weighted by Crippen LogP contribution is 2.32. The van der Waals surface area contributed by atoms with Gasteiger partial charge in [0.25, 0.3) is 0 Å². The first-order valence-electron chi connectivity index (χ1n) is 6.32. The van der Waals surface area contributed by atoms with E-state index in [0.29, 0.717) is 12.6 Å². The zero-order chi connectivity index (χ0) is 13.3. The summed E-state index contributed by atoms with van der Waals surface area (Å²) >= 11 is 0. The van der Waals surface area contributed by atoms with Crippen molar-refractivity contribution in [3.05, 3.63) is 29.3 Å². The summed E-state index contributed by atoms with van der Waals surface area (Å²) in [5.74, 6) is -0.273. The molecule has 1 aliphatic carbocycles. The highest BCUT2D eigenvalue weighted by atomic mass is 16.1. The van der Waals surface area contributed by atoms with Crippen molar-refractivity contribution in [3.63, 3.8) is 0 Å². The number of carbonyl (C=O) groups is 1. The number of aryl methyl sites for hydroxylation is 1. The van der Waals surface area contributed by atoms with Crippen LogP contribution in [-0.4, -0.2) is 12.5 Å². The van der Waals surface area contributed by atoms with Crippen LogP contribution < -0.4 is 16.8 Å².